The van der Waals surface area contributed by atoms with Crippen LogP contribution in [0, 0.1) is 10.1 Å². The van der Waals surface area contributed by atoms with Crippen molar-refractivity contribution in [3.63, 3.8) is 0 Å². The van der Waals surface area contributed by atoms with Crippen LogP contribution in [0.15, 0.2) is 24.4 Å². The Morgan fingerprint density at radius 3 is 2.70 bits per heavy atom. The maximum Gasteiger partial charge on any atom is 0.271 e. The molecule has 0 unspecified atom stereocenters. The minimum Gasteiger partial charge on any atom is -0.436 e. The average molecular weight is 315 g/mol. The molecule has 0 atom stereocenters. The number of non-ortho nitro benzene ring substituents is 1. The topological polar surface area (TPSA) is 90.2 Å². The lowest BCUT2D eigenvalue weighted by Crippen LogP contribution is -1.98. The summed E-state index contributed by atoms with van der Waals surface area (Å²) in [5.41, 5.74) is -0.132. The van der Waals surface area contributed by atoms with Crippen LogP contribution >= 0.6 is 23.2 Å². The molecule has 0 aliphatic carbocycles. The lowest BCUT2D eigenvalue weighted by atomic mass is 10.3. The van der Waals surface area contributed by atoms with Gasteiger partial charge in [-0.25, -0.2) is 4.98 Å². The highest BCUT2D eigenvalue weighted by atomic mass is 35.5. The molecule has 0 saturated carbocycles. The number of benzene rings is 1. The summed E-state index contributed by atoms with van der Waals surface area (Å²) in [6, 6.07) is 3.83. The van der Waals surface area contributed by atoms with E-state index in [4.69, 9.17) is 27.9 Å². The molecule has 0 radical (unpaired) electrons. The fraction of sp³-hybridized carbons (Fsp3) is 0.0909. The van der Waals surface area contributed by atoms with Crippen LogP contribution in [0.4, 0.5) is 11.6 Å². The molecule has 7 nitrogen and oxygen atoms in total. The number of nitrogens with zero attached hydrogens (tertiary/aromatic N) is 3. The van der Waals surface area contributed by atoms with Crippen molar-refractivity contribution in [2.75, 3.05) is 12.4 Å². The maximum atomic E-state index is 10.6. The summed E-state index contributed by atoms with van der Waals surface area (Å²) in [6.45, 7) is 0. The van der Waals surface area contributed by atoms with Crippen molar-refractivity contribution in [2.45, 2.75) is 0 Å². The monoisotopic (exact) mass is 314 g/mol. The number of nitro benzene ring substituents is 1. The summed E-state index contributed by atoms with van der Waals surface area (Å²) >= 11 is 11.8. The molecule has 0 fully saturated rings. The van der Waals surface area contributed by atoms with Crippen LogP contribution in [0.5, 0.6) is 11.6 Å². The number of nitro groups is 1. The van der Waals surface area contributed by atoms with Gasteiger partial charge in [-0.3, -0.25) is 10.1 Å². The maximum absolute atomic E-state index is 10.6. The number of hydrogen-bond acceptors (Lipinski definition) is 6. The first kappa shape index (κ1) is 14.3. The highest BCUT2D eigenvalue weighted by Gasteiger charge is 2.13. The van der Waals surface area contributed by atoms with Gasteiger partial charge >= 0.3 is 0 Å². The molecule has 0 amide bonds. The number of rotatable bonds is 4. The van der Waals surface area contributed by atoms with Crippen LogP contribution in [0.3, 0.4) is 0 Å². The van der Waals surface area contributed by atoms with Gasteiger partial charge in [-0.2, -0.15) is 4.98 Å². The van der Waals surface area contributed by atoms with Gasteiger partial charge in [0.1, 0.15) is 10.8 Å². The van der Waals surface area contributed by atoms with Gasteiger partial charge < -0.3 is 10.1 Å². The molecular weight excluding hydrogens is 307 g/mol. The molecule has 0 aliphatic rings. The zero-order valence-electron chi connectivity index (χ0n) is 10.1. The molecule has 0 saturated heterocycles. The molecule has 2 rings (SSSR count). The minimum atomic E-state index is -0.549. The van der Waals surface area contributed by atoms with Crippen LogP contribution in [0.25, 0.3) is 0 Å². The van der Waals surface area contributed by atoms with Gasteiger partial charge in [0.2, 0.25) is 11.8 Å². The summed E-state index contributed by atoms with van der Waals surface area (Å²) in [6.07, 6.45) is 1.37. The highest BCUT2D eigenvalue weighted by Crippen LogP contribution is 2.34. The Hall–Kier alpha value is -2.12. The van der Waals surface area contributed by atoms with Crippen molar-refractivity contribution < 1.29 is 9.66 Å². The SMILES string of the molecule is CNc1ncc(Cl)c(Oc2ccc([N+](=O)[O-])cc2Cl)n1. The normalized spacial score (nSPS) is 10.2. The van der Waals surface area contributed by atoms with E-state index in [0.29, 0.717) is 5.95 Å². The van der Waals surface area contributed by atoms with E-state index in [1.165, 1.54) is 24.4 Å². The predicted molar refractivity (Wildman–Crippen MR) is 74.8 cm³/mol. The average Bonchev–Trinajstić information content (AvgIpc) is 2.43. The van der Waals surface area contributed by atoms with Crippen molar-refractivity contribution in [1.29, 1.82) is 0 Å². The van der Waals surface area contributed by atoms with Gasteiger partial charge in [0.15, 0.2) is 0 Å². The second-order valence-corrected chi connectivity index (χ2v) is 4.38. The smallest absolute Gasteiger partial charge is 0.271 e. The zero-order valence-corrected chi connectivity index (χ0v) is 11.6. The van der Waals surface area contributed by atoms with Crippen molar-refractivity contribution in [2.24, 2.45) is 0 Å². The van der Waals surface area contributed by atoms with Crippen LogP contribution < -0.4 is 10.1 Å². The van der Waals surface area contributed by atoms with Gasteiger partial charge in [-0.1, -0.05) is 23.2 Å². The molecule has 104 valence electrons. The van der Waals surface area contributed by atoms with Crippen LogP contribution in [-0.4, -0.2) is 21.9 Å². The standard InChI is InChI=1S/C11H8Cl2N4O3/c1-14-11-15-5-8(13)10(16-11)20-9-3-2-6(17(18)19)4-7(9)12/h2-5H,1H3,(H,14,15,16). The third-order valence-corrected chi connectivity index (χ3v) is 2.82. The second kappa shape index (κ2) is 5.89. The number of hydrogen-bond donors (Lipinski definition) is 1. The largest absolute Gasteiger partial charge is 0.436 e. The first-order valence-electron chi connectivity index (χ1n) is 5.33. The number of ether oxygens (including phenoxy) is 1. The number of aromatic nitrogens is 2. The minimum absolute atomic E-state index is 0.0832. The quantitative estimate of drug-likeness (QED) is 0.685. The van der Waals surface area contributed by atoms with E-state index in [1.807, 2.05) is 0 Å². The molecule has 0 bridgehead atoms. The number of halogens is 2. The molecule has 2 aromatic rings. The number of nitrogens with one attached hydrogen (secondary N) is 1. The van der Waals surface area contributed by atoms with Gasteiger partial charge in [-0.05, 0) is 6.07 Å². The Morgan fingerprint density at radius 1 is 1.35 bits per heavy atom. The molecule has 1 N–H and O–H groups in total. The third-order valence-electron chi connectivity index (χ3n) is 2.27. The molecule has 1 heterocycles. The molecule has 1 aromatic heterocycles. The lowest BCUT2D eigenvalue weighted by Gasteiger charge is -2.08. The Balaban J connectivity index is 2.32. The molecule has 1 aromatic carbocycles. The summed E-state index contributed by atoms with van der Waals surface area (Å²) in [5, 5.41) is 13.6. The fourth-order valence-corrected chi connectivity index (χ4v) is 1.68. The molecule has 20 heavy (non-hydrogen) atoms. The van der Waals surface area contributed by atoms with Gasteiger partial charge in [0.25, 0.3) is 5.69 Å². The molecule has 9 heteroatoms. The van der Waals surface area contributed by atoms with E-state index in [1.54, 1.807) is 7.05 Å². The lowest BCUT2D eigenvalue weighted by molar-refractivity contribution is -0.384. The van der Waals surface area contributed by atoms with Crippen LogP contribution in [0.2, 0.25) is 10.0 Å². The Morgan fingerprint density at radius 2 is 2.10 bits per heavy atom. The summed E-state index contributed by atoms with van der Waals surface area (Å²) in [7, 11) is 1.64. The Bertz CT molecular complexity index is 666. The van der Waals surface area contributed by atoms with Crippen molar-refractivity contribution >= 4 is 34.8 Å². The van der Waals surface area contributed by atoms with Crippen molar-refractivity contribution in [3.05, 3.63) is 44.6 Å². The molecular formula is C11H8Cl2N4O3. The van der Waals surface area contributed by atoms with E-state index in [-0.39, 0.29) is 27.4 Å². The van der Waals surface area contributed by atoms with E-state index in [2.05, 4.69) is 15.3 Å². The van der Waals surface area contributed by atoms with E-state index < -0.39 is 4.92 Å². The van der Waals surface area contributed by atoms with Crippen LogP contribution in [0.1, 0.15) is 0 Å². The van der Waals surface area contributed by atoms with E-state index in [9.17, 15) is 10.1 Å². The first-order valence-corrected chi connectivity index (χ1v) is 6.09. The summed E-state index contributed by atoms with van der Waals surface area (Å²) < 4.78 is 5.44. The van der Waals surface area contributed by atoms with Gasteiger partial charge in [-0.15, -0.1) is 0 Å². The summed E-state index contributed by atoms with van der Waals surface area (Å²) in [4.78, 5) is 18.0. The van der Waals surface area contributed by atoms with Crippen molar-refractivity contribution in [3.8, 4) is 11.6 Å². The van der Waals surface area contributed by atoms with Crippen molar-refractivity contribution in [1.82, 2.24) is 9.97 Å². The van der Waals surface area contributed by atoms with E-state index >= 15 is 0 Å². The summed E-state index contributed by atoms with van der Waals surface area (Å²) in [5.74, 6) is 0.629. The van der Waals surface area contributed by atoms with E-state index in [0.717, 1.165) is 0 Å². The van der Waals surface area contributed by atoms with Crippen LogP contribution in [-0.2, 0) is 0 Å². The highest BCUT2D eigenvalue weighted by molar-refractivity contribution is 6.32. The Labute approximate surface area is 123 Å². The first-order chi connectivity index (χ1) is 9.51. The fourth-order valence-electron chi connectivity index (χ4n) is 1.33. The number of anilines is 1. The second-order valence-electron chi connectivity index (χ2n) is 3.57. The third kappa shape index (κ3) is 3.06. The molecule has 0 spiro atoms. The van der Waals surface area contributed by atoms with Gasteiger partial charge in [0.05, 0.1) is 16.1 Å². The molecule has 0 aliphatic heterocycles. The predicted octanol–water partition coefficient (Wildman–Crippen LogP) is 3.53. The zero-order chi connectivity index (χ0) is 14.7. The van der Waals surface area contributed by atoms with Gasteiger partial charge in [0, 0.05) is 19.2 Å². The Kier molecular flexibility index (Phi) is 4.21.